The Morgan fingerprint density at radius 3 is 2.78 bits per heavy atom. The Bertz CT molecular complexity index is 1280. The fourth-order valence-electron chi connectivity index (χ4n) is 4.79. The molecule has 2 saturated heterocycles. The first-order chi connectivity index (χ1) is 17.5. The number of pyridine rings is 1. The van der Waals surface area contributed by atoms with E-state index in [9.17, 15) is 14.4 Å². The van der Waals surface area contributed by atoms with Crippen molar-refractivity contribution in [2.45, 2.75) is 44.2 Å². The normalized spacial score (nSPS) is 18.9. The molecule has 0 spiro atoms. The number of carbonyl (C=O) groups is 3. The lowest BCUT2D eigenvalue weighted by Gasteiger charge is -2.30. The predicted octanol–water partition coefficient (Wildman–Crippen LogP) is 2.27. The molecule has 5 rings (SSSR count). The first-order valence-corrected chi connectivity index (χ1v) is 12.1. The SMILES string of the molecule is CN(Cc1cc(-c2cn(-c3cccc(C4CCOCC4)n3)nn2)ccc1C=O)C1CCC(=O)NC1=O. The number of likely N-dealkylation sites (N-methyl/N-ethyl adjacent to an activating group) is 1. The van der Waals surface area contributed by atoms with E-state index in [1.807, 2.05) is 48.5 Å². The average Bonchev–Trinajstić information content (AvgIpc) is 3.40. The molecule has 2 aromatic heterocycles. The molecule has 1 aromatic carbocycles. The molecule has 1 unspecified atom stereocenters. The molecule has 0 saturated carbocycles. The third-order valence-corrected chi connectivity index (χ3v) is 6.85. The van der Waals surface area contributed by atoms with Crippen LogP contribution in [-0.2, 0) is 20.9 Å². The number of piperidine rings is 1. The Morgan fingerprint density at radius 1 is 1.17 bits per heavy atom. The molecule has 2 aliphatic heterocycles. The van der Waals surface area contributed by atoms with Crippen LogP contribution in [0.1, 0.15) is 53.2 Å². The molecule has 2 aliphatic rings. The maximum Gasteiger partial charge on any atom is 0.243 e. The molecule has 4 heterocycles. The zero-order valence-corrected chi connectivity index (χ0v) is 20.1. The van der Waals surface area contributed by atoms with E-state index in [4.69, 9.17) is 9.72 Å². The van der Waals surface area contributed by atoms with Crippen LogP contribution < -0.4 is 5.32 Å². The van der Waals surface area contributed by atoms with E-state index in [-0.39, 0.29) is 11.8 Å². The summed E-state index contributed by atoms with van der Waals surface area (Å²) in [6.45, 7) is 1.88. The van der Waals surface area contributed by atoms with Crippen LogP contribution in [0, 0.1) is 0 Å². The van der Waals surface area contributed by atoms with Crippen molar-refractivity contribution in [3.05, 3.63) is 59.4 Å². The third-order valence-electron chi connectivity index (χ3n) is 6.85. The lowest BCUT2D eigenvalue weighted by molar-refractivity contribution is -0.137. The number of benzene rings is 1. The number of carbonyl (C=O) groups excluding carboxylic acids is 3. The van der Waals surface area contributed by atoms with Crippen molar-refractivity contribution in [3.63, 3.8) is 0 Å². The molecular formula is C26H28N6O4. The van der Waals surface area contributed by atoms with Gasteiger partial charge in [-0.1, -0.05) is 23.4 Å². The number of aromatic nitrogens is 4. The van der Waals surface area contributed by atoms with Crippen LogP contribution in [0.15, 0.2) is 42.6 Å². The first-order valence-electron chi connectivity index (χ1n) is 12.1. The summed E-state index contributed by atoms with van der Waals surface area (Å²) in [4.78, 5) is 42.1. The summed E-state index contributed by atoms with van der Waals surface area (Å²) in [7, 11) is 1.81. The molecule has 2 fully saturated rings. The molecule has 1 atom stereocenters. The molecule has 0 bridgehead atoms. The van der Waals surface area contributed by atoms with Gasteiger partial charge in [0.1, 0.15) is 12.0 Å². The summed E-state index contributed by atoms with van der Waals surface area (Å²) in [6.07, 6.45) is 5.29. The number of amides is 2. The third kappa shape index (κ3) is 5.09. The van der Waals surface area contributed by atoms with Gasteiger partial charge in [-0.25, -0.2) is 9.67 Å². The average molecular weight is 489 g/mol. The van der Waals surface area contributed by atoms with Crippen LogP contribution in [0.2, 0.25) is 0 Å². The van der Waals surface area contributed by atoms with Gasteiger partial charge in [0.05, 0.1) is 12.2 Å². The molecular weight excluding hydrogens is 460 g/mol. The van der Waals surface area contributed by atoms with Crippen molar-refractivity contribution in [1.29, 1.82) is 0 Å². The van der Waals surface area contributed by atoms with E-state index < -0.39 is 6.04 Å². The van der Waals surface area contributed by atoms with Crippen LogP contribution in [0.25, 0.3) is 17.1 Å². The van der Waals surface area contributed by atoms with E-state index in [0.717, 1.165) is 49.2 Å². The minimum Gasteiger partial charge on any atom is -0.381 e. The van der Waals surface area contributed by atoms with Gasteiger partial charge in [-0.15, -0.1) is 5.10 Å². The Morgan fingerprint density at radius 2 is 2.00 bits per heavy atom. The topological polar surface area (TPSA) is 119 Å². The van der Waals surface area contributed by atoms with Crippen molar-refractivity contribution < 1.29 is 19.1 Å². The Labute approximate surface area is 208 Å². The van der Waals surface area contributed by atoms with Crippen LogP contribution >= 0.6 is 0 Å². The molecule has 186 valence electrons. The van der Waals surface area contributed by atoms with Gasteiger partial charge in [0, 0.05) is 48.9 Å². The van der Waals surface area contributed by atoms with Gasteiger partial charge in [-0.05, 0) is 50.1 Å². The summed E-state index contributed by atoms with van der Waals surface area (Å²) in [5, 5.41) is 11.0. The molecule has 0 aliphatic carbocycles. The number of nitrogens with zero attached hydrogens (tertiary/aromatic N) is 5. The van der Waals surface area contributed by atoms with Crippen LogP contribution in [0.4, 0.5) is 0 Å². The molecule has 10 heteroatoms. The summed E-state index contributed by atoms with van der Waals surface area (Å²) in [5.41, 5.74) is 3.79. The van der Waals surface area contributed by atoms with Crippen LogP contribution in [0.5, 0.6) is 0 Å². The Hall–Kier alpha value is -3.76. The van der Waals surface area contributed by atoms with Crippen molar-refractivity contribution >= 4 is 18.1 Å². The van der Waals surface area contributed by atoms with Gasteiger partial charge < -0.3 is 4.74 Å². The number of hydrogen-bond acceptors (Lipinski definition) is 8. The van der Waals surface area contributed by atoms with Crippen LogP contribution in [-0.4, -0.2) is 69.3 Å². The minimum absolute atomic E-state index is 0.254. The lowest BCUT2D eigenvalue weighted by Crippen LogP contribution is -2.51. The highest BCUT2D eigenvalue weighted by molar-refractivity contribution is 6.00. The quantitative estimate of drug-likeness (QED) is 0.397. The summed E-state index contributed by atoms with van der Waals surface area (Å²) in [5.74, 6) is 0.508. The van der Waals surface area contributed by atoms with E-state index >= 15 is 0 Å². The Balaban J connectivity index is 1.36. The van der Waals surface area contributed by atoms with Crippen LogP contribution in [0.3, 0.4) is 0 Å². The molecule has 1 N–H and O–H groups in total. The summed E-state index contributed by atoms with van der Waals surface area (Å²) in [6, 6.07) is 11.0. The number of nitrogens with one attached hydrogen (secondary N) is 1. The highest BCUT2D eigenvalue weighted by Crippen LogP contribution is 2.27. The molecule has 0 radical (unpaired) electrons. The van der Waals surface area contributed by atoms with Gasteiger partial charge in [0.25, 0.3) is 0 Å². The van der Waals surface area contributed by atoms with Crippen molar-refractivity contribution in [2.75, 3.05) is 20.3 Å². The molecule has 10 nitrogen and oxygen atoms in total. The van der Waals surface area contributed by atoms with Crippen molar-refractivity contribution in [2.24, 2.45) is 0 Å². The summed E-state index contributed by atoms with van der Waals surface area (Å²) < 4.78 is 7.12. The van der Waals surface area contributed by atoms with Gasteiger partial charge in [0.15, 0.2) is 5.82 Å². The van der Waals surface area contributed by atoms with E-state index in [0.29, 0.717) is 42.4 Å². The Kier molecular flexibility index (Phi) is 6.97. The van der Waals surface area contributed by atoms with Gasteiger partial charge in [-0.2, -0.15) is 0 Å². The largest absolute Gasteiger partial charge is 0.381 e. The van der Waals surface area contributed by atoms with Gasteiger partial charge >= 0.3 is 0 Å². The second kappa shape index (κ2) is 10.5. The van der Waals surface area contributed by atoms with E-state index in [2.05, 4.69) is 15.6 Å². The second-order valence-electron chi connectivity index (χ2n) is 9.27. The first kappa shape index (κ1) is 24.0. The maximum atomic E-state index is 12.3. The van der Waals surface area contributed by atoms with E-state index in [1.54, 1.807) is 10.7 Å². The van der Waals surface area contributed by atoms with Crippen molar-refractivity contribution in [1.82, 2.24) is 30.2 Å². The number of ether oxygens (including phenoxy) is 1. The van der Waals surface area contributed by atoms with Gasteiger partial charge in [-0.3, -0.25) is 24.6 Å². The highest BCUT2D eigenvalue weighted by Gasteiger charge is 2.30. The molecule has 3 aromatic rings. The summed E-state index contributed by atoms with van der Waals surface area (Å²) >= 11 is 0. The zero-order chi connectivity index (χ0) is 25.1. The number of imide groups is 1. The van der Waals surface area contributed by atoms with Crippen molar-refractivity contribution in [3.8, 4) is 17.1 Å². The monoisotopic (exact) mass is 488 g/mol. The van der Waals surface area contributed by atoms with E-state index in [1.165, 1.54) is 0 Å². The standard InChI is InChI=1S/C26H28N6O4/c1-31(23-7-8-25(34)28-26(23)35)14-20-13-18(5-6-19(20)16-33)22-15-32(30-29-22)24-4-2-3-21(27-24)17-9-11-36-12-10-17/h2-6,13,15-17,23H,7-12,14H2,1H3,(H,28,34,35). The predicted molar refractivity (Wildman–Crippen MR) is 130 cm³/mol. The lowest BCUT2D eigenvalue weighted by atomic mass is 9.96. The molecule has 2 amide bonds. The minimum atomic E-state index is -0.430. The number of rotatable bonds is 7. The number of hydrogen-bond donors (Lipinski definition) is 1. The molecule has 36 heavy (non-hydrogen) atoms. The zero-order valence-electron chi connectivity index (χ0n) is 20.1. The maximum absolute atomic E-state index is 12.3. The number of aldehydes is 1. The van der Waals surface area contributed by atoms with Gasteiger partial charge in [0.2, 0.25) is 11.8 Å². The smallest absolute Gasteiger partial charge is 0.243 e. The fourth-order valence-corrected chi connectivity index (χ4v) is 4.79. The fraction of sp³-hybridized carbons (Fsp3) is 0.385. The highest BCUT2D eigenvalue weighted by atomic mass is 16.5. The second-order valence-corrected chi connectivity index (χ2v) is 9.27.